The summed E-state index contributed by atoms with van der Waals surface area (Å²) in [5, 5.41) is 9.09. The summed E-state index contributed by atoms with van der Waals surface area (Å²) in [6.07, 6.45) is 1.78. The smallest absolute Gasteiger partial charge is 0.229 e. The van der Waals surface area contributed by atoms with Crippen LogP contribution in [-0.4, -0.2) is 34.5 Å². The fraction of sp³-hybridized carbons (Fsp3) is 0.778. The lowest BCUT2D eigenvalue weighted by Gasteiger charge is -2.19. The van der Waals surface area contributed by atoms with Crippen molar-refractivity contribution in [2.24, 2.45) is 0 Å². The second-order valence-corrected chi connectivity index (χ2v) is 3.45. The molecule has 4 heteroatoms. The first kappa shape index (κ1) is 10.2. The first-order valence-electron chi connectivity index (χ1n) is 4.62. The van der Waals surface area contributed by atoms with Gasteiger partial charge in [-0.1, -0.05) is 0 Å². The number of imide groups is 1. The van der Waals surface area contributed by atoms with Crippen molar-refractivity contribution in [3.8, 4) is 0 Å². The Balaban J connectivity index is 2.63. The van der Waals surface area contributed by atoms with Gasteiger partial charge < -0.3 is 5.11 Å². The molecule has 74 valence electrons. The van der Waals surface area contributed by atoms with Crippen LogP contribution in [0.5, 0.6) is 0 Å². The average Bonchev–Trinajstić information content (AvgIpc) is 2.18. The minimum absolute atomic E-state index is 0.137. The summed E-state index contributed by atoms with van der Waals surface area (Å²) in [7, 11) is 0. The number of hydrogen-bond donors (Lipinski definition) is 1. The maximum atomic E-state index is 11.4. The number of aliphatic hydroxyl groups is 1. The van der Waals surface area contributed by atoms with Crippen LogP contribution in [0.1, 0.15) is 32.6 Å². The highest BCUT2D eigenvalue weighted by Crippen LogP contribution is 2.12. The summed E-state index contributed by atoms with van der Waals surface area (Å²) in [4.78, 5) is 23.9. The van der Waals surface area contributed by atoms with Crippen molar-refractivity contribution in [3.63, 3.8) is 0 Å². The second kappa shape index (κ2) is 4.37. The van der Waals surface area contributed by atoms with Gasteiger partial charge in [0, 0.05) is 12.8 Å². The van der Waals surface area contributed by atoms with Crippen LogP contribution in [0.15, 0.2) is 0 Å². The summed E-state index contributed by atoms with van der Waals surface area (Å²) < 4.78 is 0. The molecule has 1 saturated heterocycles. The van der Waals surface area contributed by atoms with Gasteiger partial charge in [-0.3, -0.25) is 14.5 Å². The molecule has 1 aliphatic rings. The third-order valence-electron chi connectivity index (χ3n) is 2.08. The molecule has 1 aliphatic heterocycles. The number of carbonyl (C=O) groups excluding carboxylic acids is 2. The van der Waals surface area contributed by atoms with Gasteiger partial charge in [0.05, 0.1) is 12.6 Å². The molecule has 0 unspecified atom stereocenters. The van der Waals surface area contributed by atoms with E-state index in [2.05, 4.69) is 0 Å². The third kappa shape index (κ3) is 2.81. The van der Waals surface area contributed by atoms with Gasteiger partial charge in [-0.25, -0.2) is 0 Å². The van der Waals surface area contributed by atoms with Crippen molar-refractivity contribution in [1.82, 2.24) is 4.90 Å². The Kier molecular flexibility index (Phi) is 3.42. The third-order valence-corrected chi connectivity index (χ3v) is 2.08. The van der Waals surface area contributed by atoms with Crippen molar-refractivity contribution >= 4 is 11.8 Å². The number of amides is 2. The normalized spacial score (nSPS) is 21.5. The van der Waals surface area contributed by atoms with E-state index in [4.69, 9.17) is 5.11 Å². The maximum Gasteiger partial charge on any atom is 0.229 e. The van der Waals surface area contributed by atoms with Crippen LogP contribution in [0.25, 0.3) is 0 Å². The van der Waals surface area contributed by atoms with Gasteiger partial charge >= 0.3 is 0 Å². The Morgan fingerprint density at radius 1 is 1.31 bits per heavy atom. The number of rotatable bonds is 2. The van der Waals surface area contributed by atoms with Crippen LogP contribution >= 0.6 is 0 Å². The zero-order valence-corrected chi connectivity index (χ0v) is 7.82. The Bertz CT molecular complexity index is 195. The van der Waals surface area contributed by atoms with Gasteiger partial charge in [0.15, 0.2) is 0 Å². The molecule has 1 heterocycles. The monoisotopic (exact) mass is 185 g/mol. The molecule has 0 saturated carbocycles. The summed E-state index contributed by atoms with van der Waals surface area (Å²) in [6.45, 7) is 1.71. The highest BCUT2D eigenvalue weighted by atomic mass is 16.3. The van der Waals surface area contributed by atoms with Crippen LogP contribution in [-0.2, 0) is 9.59 Å². The molecule has 2 amide bonds. The van der Waals surface area contributed by atoms with Crippen LogP contribution in [0.2, 0.25) is 0 Å². The fourth-order valence-corrected chi connectivity index (χ4v) is 1.43. The van der Waals surface area contributed by atoms with Crippen molar-refractivity contribution in [2.45, 2.75) is 38.7 Å². The second-order valence-electron chi connectivity index (χ2n) is 3.45. The minimum atomic E-state index is -0.633. The van der Waals surface area contributed by atoms with Crippen molar-refractivity contribution in [2.75, 3.05) is 6.54 Å². The van der Waals surface area contributed by atoms with Crippen molar-refractivity contribution in [1.29, 1.82) is 0 Å². The van der Waals surface area contributed by atoms with E-state index in [-0.39, 0.29) is 18.4 Å². The molecule has 0 radical (unpaired) electrons. The van der Waals surface area contributed by atoms with Gasteiger partial charge in [-0.15, -0.1) is 0 Å². The number of aliphatic hydroxyl groups excluding tert-OH is 1. The number of β-amino-alcohol motifs (C(OH)–C–C–N with tert-alkyl or cyclic N) is 1. The molecule has 13 heavy (non-hydrogen) atoms. The van der Waals surface area contributed by atoms with Crippen LogP contribution < -0.4 is 0 Å². The lowest BCUT2D eigenvalue weighted by Crippen LogP contribution is -2.39. The zero-order chi connectivity index (χ0) is 9.84. The molecule has 0 spiro atoms. The molecule has 1 atom stereocenters. The largest absolute Gasteiger partial charge is 0.392 e. The van der Waals surface area contributed by atoms with E-state index in [9.17, 15) is 9.59 Å². The van der Waals surface area contributed by atoms with Gasteiger partial charge in [-0.05, 0) is 19.8 Å². The number of hydrogen-bond acceptors (Lipinski definition) is 3. The van der Waals surface area contributed by atoms with Crippen LogP contribution in [0.3, 0.4) is 0 Å². The number of carbonyl (C=O) groups is 2. The number of likely N-dealkylation sites (tertiary alicyclic amines) is 1. The average molecular weight is 185 g/mol. The van der Waals surface area contributed by atoms with E-state index in [0.29, 0.717) is 12.8 Å². The first-order chi connectivity index (χ1) is 6.11. The molecular formula is C9H15NO3. The highest BCUT2D eigenvalue weighted by molar-refractivity contribution is 5.96. The van der Waals surface area contributed by atoms with E-state index in [0.717, 1.165) is 12.8 Å². The predicted molar refractivity (Wildman–Crippen MR) is 46.9 cm³/mol. The van der Waals surface area contributed by atoms with Gasteiger partial charge in [0.25, 0.3) is 0 Å². The standard InChI is InChI=1S/C9H15NO3/c1-7(11)6-10-8(12)4-2-3-5-9(10)13/h7,11H,2-6H2,1H3/t7-/m1/s1. The van der Waals surface area contributed by atoms with Crippen molar-refractivity contribution in [3.05, 3.63) is 0 Å². The van der Waals surface area contributed by atoms with Gasteiger partial charge in [0.1, 0.15) is 0 Å². The van der Waals surface area contributed by atoms with E-state index < -0.39 is 6.10 Å². The molecule has 1 fully saturated rings. The fourth-order valence-electron chi connectivity index (χ4n) is 1.43. The maximum absolute atomic E-state index is 11.4. The summed E-state index contributed by atoms with van der Waals surface area (Å²) in [5.74, 6) is -0.299. The zero-order valence-electron chi connectivity index (χ0n) is 7.82. The molecule has 0 aromatic carbocycles. The molecule has 0 aromatic heterocycles. The van der Waals surface area contributed by atoms with Gasteiger partial charge in [0.2, 0.25) is 11.8 Å². The minimum Gasteiger partial charge on any atom is -0.392 e. The first-order valence-corrected chi connectivity index (χ1v) is 4.62. The molecule has 0 bridgehead atoms. The molecule has 0 aromatic rings. The summed E-state index contributed by atoms with van der Waals surface area (Å²) in [5.41, 5.74) is 0. The Morgan fingerprint density at radius 3 is 2.15 bits per heavy atom. The Hall–Kier alpha value is -0.900. The Morgan fingerprint density at radius 2 is 1.77 bits per heavy atom. The molecule has 1 rings (SSSR count). The van der Waals surface area contributed by atoms with Crippen LogP contribution in [0.4, 0.5) is 0 Å². The SMILES string of the molecule is C[C@@H](O)CN1C(=O)CCCCC1=O. The Labute approximate surface area is 77.5 Å². The van der Waals surface area contributed by atoms with Gasteiger partial charge in [-0.2, -0.15) is 0 Å². The lowest BCUT2D eigenvalue weighted by atomic mass is 10.2. The summed E-state index contributed by atoms with van der Waals surface area (Å²) in [6, 6.07) is 0. The van der Waals surface area contributed by atoms with E-state index >= 15 is 0 Å². The topological polar surface area (TPSA) is 57.6 Å². The molecule has 1 N–H and O–H groups in total. The predicted octanol–water partition coefficient (Wildman–Crippen LogP) is 0.296. The highest BCUT2D eigenvalue weighted by Gasteiger charge is 2.24. The van der Waals surface area contributed by atoms with Crippen molar-refractivity contribution < 1.29 is 14.7 Å². The molecule has 0 aliphatic carbocycles. The molecular weight excluding hydrogens is 170 g/mol. The number of nitrogens with zero attached hydrogens (tertiary/aromatic N) is 1. The summed E-state index contributed by atoms with van der Waals surface area (Å²) >= 11 is 0. The van der Waals surface area contributed by atoms with Crippen LogP contribution in [0, 0.1) is 0 Å². The van der Waals surface area contributed by atoms with E-state index in [1.807, 2.05) is 0 Å². The van der Waals surface area contributed by atoms with E-state index in [1.54, 1.807) is 6.92 Å². The molecule has 4 nitrogen and oxygen atoms in total. The lowest BCUT2D eigenvalue weighted by molar-refractivity contribution is -0.145. The quantitative estimate of drug-likeness (QED) is 0.629. The van der Waals surface area contributed by atoms with E-state index in [1.165, 1.54) is 4.90 Å².